The molecule has 1 heterocycles. The molecule has 26 heavy (non-hydrogen) atoms. The number of nitriles is 1. The zero-order valence-electron chi connectivity index (χ0n) is 13.0. The van der Waals surface area contributed by atoms with E-state index in [0.29, 0.717) is 16.9 Å². The highest BCUT2D eigenvalue weighted by Gasteiger charge is 2.25. The molecule has 0 N–H and O–H groups in total. The molecule has 0 spiro atoms. The zero-order chi connectivity index (χ0) is 18.7. The number of benzene rings is 2. The summed E-state index contributed by atoms with van der Waals surface area (Å²) in [5.74, 6) is -0.494. The van der Waals surface area contributed by atoms with E-state index in [2.05, 4.69) is 15.1 Å². The predicted octanol–water partition coefficient (Wildman–Crippen LogP) is 5.43. The molecule has 9 heteroatoms. The fourth-order valence-corrected chi connectivity index (χ4v) is 2.47. The summed E-state index contributed by atoms with van der Waals surface area (Å²) in [6.45, 7) is 0. The van der Waals surface area contributed by atoms with Crippen molar-refractivity contribution in [2.75, 3.05) is 0 Å². The number of azide groups is 1. The first-order chi connectivity index (χ1) is 12.5. The van der Waals surface area contributed by atoms with Crippen LogP contribution in [0, 0.1) is 17.1 Å². The molecule has 2 aromatic carbocycles. The third kappa shape index (κ3) is 3.09. The topological polar surface area (TPSA) is 90.4 Å². The first kappa shape index (κ1) is 17.1. The summed E-state index contributed by atoms with van der Waals surface area (Å²) in [4.78, 5) is 2.66. The van der Waals surface area contributed by atoms with Crippen LogP contribution in [0.15, 0.2) is 53.6 Å². The van der Waals surface area contributed by atoms with E-state index in [1.54, 1.807) is 6.07 Å². The van der Waals surface area contributed by atoms with Crippen LogP contribution in [-0.2, 0) is 0 Å². The Balaban J connectivity index is 2.25. The van der Waals surface area contributed by atoms with E-state index >= 15 is 0 Å². The SMILES string of the molecule is N#Cc1c(C(F)F)nn(-c2ccc(N=[N+]=[N-])cc2)c1-c1ccc(F)cc1. The first-order valence-corrected chi connectivity index (χ1v) is 7.27. The van der Waals surface area contributed by atoms with E-state index in [1.165, 1.54) is 53.2 Å². The van der Waals surface area contributed by atoms with Crippen LogP contribution >= 0.6 is 0 Å². The van der Waals surface area contributed by atoms with Crippen molar-refractivity contribution in [2.24, 2.45) is 5.11 Å². The first-order valence-electron chi connectivity index (χ1n) is 7.27. The maximum absolute atomic E-state index is 13.3. The van der Waals surface area contributed by atoms with Gasteiger partial charge < -0.3 is 0 Å². The van der Waals surface area contributed by atoms with Gasteiger partial charge in [-0.25, -0.2) is 17.9 Å². The van der Waals surface area contributed by atoms with Crippen LogP contribution in [0.2, 0.25) is 0 Å². The Morgan fingerprint density at radius 2 is 1.77 bits per heavy atom. The Bertz CT molecular complexity index is 1030. The summed E-state index contributed by atoms with van der Waals surface area (Å²) in [5.41, 5.74) is 8.70. The van der Waals surface area contributed by atoms with Gasteiger partial charge in [0.2, 0.25) is 0 Å². The third-order valence-electron chi connectivity index (χ3n) is 3.60. The van der Waals surface area contributed by atoms with Crippen molar-refractivity contribution in [3.05, 3.63) is 76.0 Å². The maximum atomic E-state index is 13.3. The molecule has 0 unspecified atom stereocenters. The van der Waals surface area contributed by atoms with Crippen molar-refractivity contribution in [1.82, 2.24) is 9.78 Å². The summed E-state index contributed by atoms with van der Waals surface area (Å²) in [6, 6.07) is 12.9. The highest BCUT2D eigenvalue weighted by atomic mass is 19.3. The molecule has 3 rings (SSSR count). The van der Waals surface area contributed by atoms with E-state index < -0.39 is 17.9 Å². The van der Waals surface area contributed by atoms with Gasteiger partial charge in [-0.1, -0.05) is 17.2 Å². The van der Waals surface area contributed by atoms with Crippen molar-refractivity contribution in [1.29, 1.82) is 5.26 Å². The Hall–Kier alpha value is -3.76. The quantitative estimate of drug-likeness (QED) is 0.355. The largest absolute Gasteiger partial charge is 0.283 e. The lowest BCUT2D eigenvalue weighted by Gasteiger charge is -2.08. The minimum absolute atomic E-state index is 0.124. The number of alkyl halides is 2. The molecular formula is C17H9F3N6. The third-order valence-corrected chi connectivity index (χ3v) is 3.60. The number of hydrogen-bond acceptors (Lipinski definition) is 3. The number of hydrogen-bond donors (Lipinski definition) is 0. The summed E-state index contributed by atoms with van der Waals surface area (Å²) in [5, 5.41) is 16.7. The van der Waals surface area contributed by atoms with Gasteiger partial charge in [0.1, 0.15) is 23.1 Å². The van der Waals surface area contributed by atoms with Crippen molar-refractivity contribution in [3.63, 3.8) is 0 Å². The molecule has 0 atom stereocenters. The molecule has 1 aromatic heterocycles. The Labute approximate surface area is 145 Å². The van der Waals surface area contributed by atoms with Crippen LogP contribution in [0.25, 0.3) is 27.4 Å². The number of rotatable bonds is 4. The van der Waals surface area contributed by atoms with E-state index in [4.69, 9.17) is 5.53 Å². The van der Waals surface area contributed by atoms with E-state index in [1.807, 2.05) is 0 Å². The van der Waals surface area contributed by atoms with E-state index in [-0.39, 0.29) is 11.3 Å². The molecule has 0 saturated heterocycles. The Kier molecular flexibility index (Phi) is 4.60. The van der Waals surface area contributed by atoms with Crippen molar-refractivity contribution in [3.8, 4) is 23.0 Å². The minimum Gasteiger partial charge on any atom is -0.231 e. The molecule has 0 bridgehead atoms. The van der Waals surface area contributed by atoms with Crippen LogP contribution in [-0.4, -0.2) is 9.78 Å². The van der Waals surface area contributed by atoms with E-state index in [9.17, 15) is 18.4 Å². The number of aromatic nitrogens is 2. The predicted molar refractivity (Wildman–Crippen MR) is 87.4 cm³/mol. The van der Waals surface area contributed by atoms with Crippen molar-refractivity contribution < 1.29 is 13.2 Å². The summed E-state index contributed by atoms with van der Waals surface area (Å²) < 4.78 is 41.1. The lowest BCUT2D eigenvalue weighted by molar-refractivity contribution is 0.145. The van der Waals surface area contributed by atoms with Crippen LogP contribution < -0.4 is 0 Å². The molecule has 6 nitrogen and oxygen atoms in total. The van der Waals surface area contributed by atoms with Crippen LogP contribution in [0.5, 0.6) is 0 Å². The summed E-state index contributed by atoms with van der Waals surface area (Å²) in [6.07, 6.45) is -2.95. The normalized spacial score (nSPS) is 10.4. The van der Waals surface area contributed by atoms with Crippen LogP contribution in [0.3, 0.4) is 0 Å². The van der Waals surface area contributed by atoms with Gasteiger partial charge in [0, 0.05) is 16.2 Å². The number of nitrogens with zero attached hydrogens (tertiary/aromatic N) is 6. The van der Waals surface area contributed by atoms with Crippen molar-refractivity contribution in [2.45, 2.75) is 6.43 Å². The molecule has 0 aliphatic carbocycles. The molecule has 0 fully saturated rings. The van der Waals surface area contributed by atoms with Gasteiger partial charge in [0.25, 0.3) is 6.43 Å². The van der Waals surface area contributed by atoms with Gasteiger partial charge in [0.05, 0.1) is 11.4 Å². The fourth-order valence-electron chi connectivity index (χ4n) is 2.47. The molecule has 0 aliphatic heterocycles. The second-order valence-electron chi connectivity index (χ2n) is 5.15. The lowest BCUT2D eigenvalue weighted by atomic mass is 10.1. The second kappa shape index (κ2) is 7.01. The Morgan fingerprint density at radius 1 is 1.12 bits per heavy atom. The molecule has 0 saturated carbocycles. The average Bonchev–Trinajstić information content (AvgIpc) is 3.03. The fraction of sp³-hybridized carbons (Fsp3) is 0.0588. The smallest absolute Gasteiger partial charge is 0.231 e. The molecular weight excluding hydrogens is 345 g/mol. The van der Waals surface area contributed by atoms with Gasteiger partial charge in [-0.05, 0) is 41.9 Å². The molecule has 0 radical (unpaired) electrons. The summed E-state index contributed by atoms with van der Waals surface area (Å²) >= 11 is 0. The molecule has 3 aromatic rings. The maximum Gasteiger partial charge on any atom is 0.283 e. The Morgan fingerprint density at radius 3 is 2.31 bits per heavy atom. The highest BCUT2D eigenvalue weighted by Crippen LogP contribution is 2.33. The standard InChI is InChI=1S/C17H9F3N6/c18-11-3-1-10(2-4-11)16-14(9-21)15(17(19)20)24-26(16)13-7-5-12(6-8-13)23-25-22/h1-8,17H. The van der Waals surface area contributed by atoms with Gasteiger partial charge >= 0.3 is 0 Å². The second-order valence-corrected chi connectivity index (χ2v) is 5.15. The molecule has 0 aliphatic rings. The van der Waals surface area contributed by atoms with Crippen molar-refractivity contribution >= 4 is 5.69 Å². The van der Waals surface area contributed by atoms with Gasteiger partial charge in [-0.3, -0.25) is 0 Å². The summed E-state index contributed by atoms with van der Waals surface area (Å²) in [7, 11) is 0. The monoisotopic (exact) mass is 354 g/mol. The molecule has 0 amide bonds. The average molecular weight is 354 g/mol. The van der Waals surface area contributed by atoms with E-state index in [0.717, 1.165) is 0 Å². The van der Waals surface area contributed by atoms with Crippen LogP contribution in [0.4, 0.5) is 18.9 Å². The highest BCUT2D eigenvalue weighted by molar-refractivity contribution is 5.70. The van der Waals surface area contributed by atoms with Gasteiger partial charge in [-0.15, -0.1) is 0 Å². The number of halogens is 3. The van der Waals surface area contributed by atoms with Gasteiger partial charge in [-0.2, -0.15) is 10.4 Å². The minimum atomic E-state index is -2.95. The lowest BCUT2D eigenvalue weighted by Crippen LogP contribution is -2.00. The molecule has 128 valence electrons. The van der Waals surface area contributed by atoms with Gasteiger partial charge in [0.15, 0.2) is 0 Å². The van der Waals surface area contributed by atoms with Crippen LogP contribution in [0.1, 0.15) is 17.7 Å². The zero-order valence-corrected chi connectivity index (χ0v) is 13.0.